The van der Waals surface area contributed by atoms with E-state index in [-0.39, 0.29) is 29.8 Å². The van der Waals surface area contributed by atoms with Crippen LogP contribution in [0.5, 0.6) is 5.75 Å². The van der Waals surface area contributed by atoms with Crippen molar-refractivity contribution >= 4 is 17.6 Å². The predicted octanol–water partition coefficient (Wildman–Crippen LogP) is 5.37. The lowest BCUT2D eigenvalue weighted by atomic mass is 9.77. The molecule has 2 aliphatic heterocycles. The maximum absolute atomic E-state index is 14.0. The summed E-state index contributed by atoms with van der Waals surface area (Å²) < 4.78 is 5.70. The number of aliphatic carboxylic acids is 1. The maximum Gasteiger partial charge on any atom is 0.308 e. The van der Waals surface area contributed by atoms with E-state index in [1.54, 1.807) is 0 Å². The number of allylic oxidation sites excluding steroid dienone is 2. The van der Waals surface area contributed by atoms with Gasteiger partial charge in [0.05, 0.1) is 19.1 Å². The molecule has 3 atom stereocenters. The highest BCUT2D eigenvalue weighted by molar-refractivity contribution is 5.95. The Morgan fingerprint density at radius 3 is 2.73 bits per heavy atom. The normalized spacial score (nSPS) is 21.0. The molecule has 1 amide bonds. The molecule has 1 saturated heterocycles. The Labute approximate surface area is 239 Å². The number of rotatable bonds is 12. The number of fused-ring (bicyclic) bond motifs is 1. The van der Waals surface area contributed by atoms with Gasteiger partial charge in [-0.05, 0) is 60.1 Å². The third kappa shape index (κ3) is 6.76. The Kier molecular flexibility index (Phi) is 9.69. The van der Waals surface area contributed by atoms with Crippen molar-refractivity contribution in [3.8, 4) is 5.75 Å². The van der Waals surface area contributed by atoms with Gasteiger partial charge in [-0.2, -0.15) is 0 Å². The summed E-state index contributed by atoms with van der Waals surface area (Å²) >= 11 is 0. The number of amides is 1. The zero-order valence-corrected chi connectivity index (χ0v) is 24.4. The minimum absolute atomic E-state index is 0.0106. The van der Waals surface area contributed by atoms with Gasteiger partial charge in [0, 0.05) is 43.7 Å². The Hall–Kier alpha value is -3.16. The molecule has 216 valence electrons. The summed E-state index contributed by atoms with van der Waals surface area (Å²) in [6.45, 7) is 10.7. The van der Waals surface area contributed by atoms with Crippen LogP contribution in [0, 0.1) is 11.3 Å². The number of carboxylic acid groups (broad SMARTS) is 1. The molecule has 3 N–H and O–H groups in total. The van der Waals surface area contributed by atoms with E-state index < -0.39 is 11.9 Å². The fourth-order valence-corrected chi connectivity index (χ4v) is 6.40. The average Bonchev–Trinajstić information content (AvgIpc) is 3.53. The Morgan fingerprint density at radius 1 is 1.23 bits per heavy atom. The molecular formula is C33H45N3O4. The number of carbonyl (C=O) groups is 2. The minimum Gasteiger partial charge on any atom is -0.493 e. The number of nitrogens with zero attached hydrogens (tertiary/aromatic N) is 2. The topological polar surface area (TPSA) is 96.1 Å². The number of hydrogen-bond acceptors (Lipinski definition) is 5. The number of benzene rings is 2. The van der Waals surface area contributed by atoms with E-state index in [0.717, 1.165) is 47.4 Å². The van der Waals surface area contributed by atoms with Crippen LogP contribution >= 0.6 is 0 Å². The van der Waals surface area contributed by atoms with Gasteiger partial charge in [0.15, 0.2) is 0 Å². The molecule has 2 heterocycles. The molecule has 2 aliphatic rings. The second kappa shape index (κ2) is 13.0. The number of unbranched alkanes of at least 4 members (excludes halogenated alkanes) is 1. The van der Waals surface area contributed by atoms with Crippen LogP contribution in [-0.4, -0.2) is 54.2 Å². The summed E-state index contributed by atoms with van der Waals surface area (Å²) in [4.78, 5) is 30.9. The van der Waals surface area contributed by atoms with Crippen LogP contribution in [0.4, 0.5) is 5.69 Å². The second-order valence-electron chi connectivity index (χ2n) is 11.9. The Balaban J connectivity index is 1.68. The van der Waals surface area contributed by atoms with Gasteiger partial charge in [0.1, 0.15) is 5.75 Å². The van der Waals surface area contributed by atoms with Crippen LogP contribution in [0.3, 0.4) is 0 Å². The number of hydrogen-bond donors (Lipinski definition) is 2. The van der Waals surface area contributed by atoms with E-state index in [4.69, 9.17) is 10.5 Å². The largest absolute Gasteiger partial charge is 0.493 e. The smallest absolute Gasteiger partial charge is 0.308 e. The van der Waals surface area contributed by atoms with Crippen molar-refractivity contribution in [2.75, 3.05) is 31.1 Å². The summed E-state index contributed by atoms with van der Waals surface area (Å²) in [7, 11) is 0. The van der Waals surface area contributed by atoms with Crippen LogP contribution in [-0.2, 0) is 22.6 Å². The lowest BCUT2D eigenvalue weighted by Crippen LogP contribution is -2.45. The van der Waals surface area contributed by atoms with Gasteiger partial charge in [-0.1, -0.05) is 63.6 Å². The monoisotopic (exact) mass is 547 g/mol. The first-order valence-corrected chi connectivity index (χ1v) is 14.6. The van der Waals surface area contributed by atoms with Crippen LogP contribution in [0.2, 0.25) is 0 Å². The summed E-state index contributed by atoms with van der Waals surface area (Å²) in [6, 6.07) is 13.7. The molecule has 4 rings (SSSR count). The van der Waals surface area contributed by atoms with Gasteiger partial charge in [0.25, 0.3) is 0 Å². The Morgan fingerprint density at radius 2 is 2.02 bits per heavy atom. The van der Waals surface area contributed by atoms with Crippen LogP contribution in [0.25, 0.3) is 0 Å². The van der Waals surface area contributed by atoms with Gasteiger partial charge in [-0.3, -0.25) is 14.5 Å². The van der Waals surface area contributed by atoms with E-state index >= 15 is 0 Å². The number of ether oxygens (including phenoxy) is 1. The van der Waals surface area contributed by atoms with E-state index in [1.165, 1.54) is 0 Å². The molecule has 7 nitrogen and oxygen atoms in total. The van der Waals surface area contributed by atoms with Crippen LogP contribution < -0.4 is 15.4 Å². The lowest BCUT2D eigenvalue weighted by molar-refractivity contribution is -0.143. The second-order valence-corrected chi connectivity index (χ2v) is 11.9. The van der Waals surface area contributed by atoms with E-state index in [9.17, 15) is 14.7 Å². The molecule has 0 spiro atoms. The fourth-order valence-electron chi connectivity index (χ4n) is 6.40. The van der Waals surface area contributed by atoms with Crippen molar-refractivity contribution in [1.29, 1.82) is 0 Å². The van der Waals surface area contributed by atoms with Crippen molar-refractivity contribution in [2.24, 2.45) is 17.1 Å². The first-order valence-electron chi connectivity index (χ1n) is 14.6. The number of carbonyl (C=O) groups excluding carboxylic acids is 1. The lowest BCUT2D eigenvalue weighted by Gasteiger charge is -2.34. The van der Waals surface area contributed by atoms with Gasteiger partial charge >= 0.3 is 5.97 Å². The summed E-state index contributed by atoms with van der Waals surface area (Å²) in [5.41, 5.74) is 9.65. The predicted molar refractivity (Wildman–Crippen MR) is 160 cm³/mol. The number of likely N-dealkylation sites (tertiary alicyclic amines) is 1. The first-order chi connectivity index (χ1) is 19.2. The third-order valence-corrected chi connectivity index (χ3v) is 8.36. The van der Waals surface area contributed by atoms with E-state index in [2.05, 4.69) is 37.8 Å². The van der Waals surface area contributed by atoms with Gasteiger partial charge < -0.3 is 20.5 Å². The van der Waals surface area contributed by atoms with Crippen molar-refractivity contribution in [3.63, 3.8) is 0 Å². The minimum atomic E-state index is -0.809. The summed E-state index contributed by atoms with van der Waals surface area (Å²) in [5, 5.41) is 10.6. The molecule has 2 aromatic carbocycles. The fraction of sp³-hybridized carbons (Fsp3) is 0.515. The molecule has 0 saturated carbocycles. The van der Waals surface area contributed by atoms with Gasteiger partial charge in [-0.15, -0.1) is 0 Å². The van der Waals surface area contributed by atoms with Gasteiger partial charge in [-0.25, -0.2) is 0 Å². The molecule has 7 heteroatoms. The number of anilines is 1. The van der Waals surface area contributed by atoms with Gasteiger partial charge in [0.2, 0.25) is 5.91 Å². The molecule has 0 aromatic heterocycles. The van der Waals surface area contributed by atoms with Crippen molar-refractivity contribution in [1.82, 2.24) is 4.90 Å². The standard InChI is InChI=1S/C33H45N3O4/c1-5-7-15-36(26-10-8-9-23(17-26)20-34)30(37)22-35-21-27(24-11-12-29-25(18-24)13-16-40-29)31(32(38)39)28(35)19-33(3,4)14-6-2/h6,8-12,14,17-18,27-28,31H,5,7,13,15-16,19-22,34H2,1-4H3,(H,38,39)/b14-6+. The average molecular weight is 548 g/mol. The number of carboxylic acids is 1. The molecule has 3 unspecified atom stereocenters. The Bertz CT molecular complexity index is 1220. The summed E-state index contributed by atoms with van der Waals surface area (Å²) in [5.74, 6) is -0.771. The molecule has 0 bridgehead atoms. The molecule has 0 radical (unpaired) electrons. The van der Waals surface area contributed by atoms with Crippen LogP contribution in [0.1, 0.15) is 69.6 Å². The molecule has 2 aromatic rings. The highest BCUT2D eigenvalue weighted by Gasteiger charge is 2.48. The number of nitrogens with two attached hydrogens (primary N) is 1. The maximum atomic E-state index is 14.0. The highest BCUT2D eigenvalue weighted by Crippen LogP contribution is 2.44. The van der Waals surface area contributed by atoms with Crippen molar-refractivity contribution in [3.05, 3.63) is 71.3 Å². The molecule has 1 fully saturated rings. The first kappa shape index (κ1) is 29.8. The van der Waals surface area contributed by atoms with Crippen molar-refractivity contribution < 1.29 is 19.4 Å². The highest BCUT2D eigenvalue weighted by atomic mass is 16.5. The zero-order valence-electron chi connectivity index (χ0n) is 24.4. The quantitative estimate of drug-likeness (QED) is 0.347. The molecule has 40 heavy (non-hydrogen) atoms. The van der Waals surface area contributed by atoms with Crippen molar-refractivity contribution in [2.45, 2.75) is 71.9 Å². The zero-order chi connectivity index (χ0) is 28.9. The summed E-state index contributed by atoms with van der Waals surface area (Å²) in [6.07, 6.45) is 7.49. The SMILES string of the molecule is C/C=C/C(C)(C)CC1C(C(=O)O)C(c2ccc3c(c2)CCO3)CN1CC(=O)N(CCCC)c1cccc(CN)c1. The molecule has 0 aliphatic carbocycles. The molecular weight excluding hydrogens is 502 g/mol. The van der Waals surface area contributed by atoms with E-state index in [1.807, 2.05) is 54.3 Å². The van der Waals surface area contributed by atoms with E-state index in [0.29, 0.717) is 32.7 Å². The third-order valence-electron chi connectivity index (χ3n) is 8.36. The van der Waals surface area contributed by atoms with Crippen LogP contribution in [0.15, 0.2) is 54.6 Å².